The lowest BCUT2D eigenvalue weighted by Crippen LogP contribution is -2.19. The summed E-state index contributed by atoms with van der Waals surface area (Å²) in [6, 6.07) is 5.36. The minimum Gasteiger partial charge on any atom is -0.478 e. The van der Waals surface area contributed by atoms with Crippen LogP contribution in [0.3, 0.4) is 0 Å². The Morgan fingerprint density at radius 2 is 2.32 bits per heavy atom. The molecule has 1 saturated heterocycles. The molecule has 0 amide bonds. The molecule has 1 aromatic heterocycles. The van der Waals surface area contributed by atoms with Crippen molar-refractivity contribution in [3.05, 3.63) is 30.1 Å². The number of benzene rings is 1. The van der Waals surface area contributed by atoms with E-state index in [2.05, 4.69) is 15.3 Å². The van der Waals surface area contributed by atoms with Gasteiger partial charge >= 0.3 is 5.97 Å². The van der Waals surface area contributed by atoms with E-state index >= 15 is 0 Å². The average molecular weight is 275 g/mol. The topological polar surface area (TPSA) is 75.1 Å². The third-order valence-electron chi connectivity index (χ3n) is 3.15. The van der Waals surface area contributed by atoms with Gasteiger partial charge in [0, 0.05) is 17.2 Å². The number of nitrogens with zero attached hydrogens (tertiary/aromatic N) is 2. The van der Waals surface area contributed by atoms with Crippen molar-refractivity contribution in [2.24, 2.45) is 0 Å². The molecule has 1 unspecified atom stereocenters. The van der Waals surface area contributed by atoms with Gasteiger partial charge in [0.2, 0.25) is 0 Å². The van der Waals surface area contributed by atoms with Crippen LogP contribution >= 0.6 is 11.8 Å². The van der Waals surface area contributed by atoms with Gasteiger partial charge in [0.15, 0.2) is 0 Å². The number of carbonyl (C=O) groups is 1. The second-order valence-electron chi connectivity index (χ2n) is 4.46. The molecule has 2 heterocycles. The van der Waals surface area contributed by atoms with Gasteiger partial charge in [-0.2, -0.15) is 11.8 Å². The zero-order chi connectivity index (χ0) is 13.2. The highest BCUT2D eigenvalue weighted by Gasteiger charge is 2.17. The fraction of sp³-hybridized carbons (Fsp3) is 0.308. The number of carboxylic acids is 1. The first-order valence-electron chi connectivity index (χ1n) is 6.06. The van der Waals surface area contributed by atoms with Crippen LogP contribution in [0.15, 0.2) is 24.5 Å². The first kappa shape index (κ1) is 12.2. The van der Waals surface area contributed by atoms with Crippen molar-refractivity contribution >= 4 is 34.5 Å². The van der Waals surface area contributed by atoms with Crippen LogP contribution in [0.5, 0.6) is 0 Å². The summed E-state index contributed by atoms with van der Waals surface area (Å²) in [6.07, 6.45) is 2.60. The highest BCUT2D eigenvalue weighted by molar-refractivity contribution is 7.99. The van der Waals surface area contributed by atoms with Crippen LogP contribution in [0.25, 0.3) is 10.9 Å². The number of carboxylic acid groups (broad SMARTS) is 1. The Morgan fingerprint density at radius 3 is 3.05 bits per heavy atom. The van der Waals surface area contributed by atoms with Crippen molar-refractivity contribution in [2.45, 2.75) is 12.5 Å². The first-order chi connectivity index (χ1) is 9.24. The Hall–Kier alpha value is -1.82. The van der Waals surface area contributed by atoms with E-state index in [1.165, 1.54) is 12.1 Å². The van der Waals surface area contributed by atoms with E-state index in [4.69, 9.17) is 5.11 Å². The fourth-order valence-electron chi connectivity index (χ4n) is 2.15. The molecular formula is C13H13N3O2S. The summed E-state index contributed by atoms with van der Waals surface area (Å²) in [4.78, 5) is 19.4. The van der Waals surface area contributed by atoms with Gasteiger partial charge < -0.3 is 10.4 Å². The number of fused-ring (bicyclic) bond motifs is 1. The molecule has 1 aliphatic heterocycles. The van der Waals surface area contributed by atoms with Crippen LogP contribution in [0.4, 0.5) is 5.82 Å². The molecule has 0 saturated carbocycles. The van der Waals surface area contributed by atoms with E-state index in [1.54, 1.807) is 18.2 Å². The Morgan fingerprint density at radius 1 is 1.42 bits per heavy atom. The second-order valence-corrected chi connectivity index (χ2v) is 5.61. The molecular weight excluding hydrogens is 262 g/mol. The normalized spacial score (nSPS) is 18.6. The number of aromatic carboxylic acids is 1. The second kappa shape index (κ2) is 5.05. The van der Waals surface area contributed by atoms with Crippen molar-refractivity contribution in [1.82, 2.24) is 9.97 Å². The fourth-order valence-corrected chi connectivity index (χ4v) is 3.30. The summed E-state index contributed by atoms with van der Waals surface area (Å²) in [6.45, 7) is 0. The lowest BCUT2D eigenvalue weighted by Gasteiger charge is -2.13. The maximum atomic E-state index is 10.9. The summed E-state index contributed by atoms with van der Waals surface area (Å²) in [7, 11) is 0. The molecule has 3 rings (SSSR count). The van der Waals surface area contributed by atoms with Crippen LogP contribution in [-0.2, 0) is 0 Å². The molecule has 1 fully saturated rings. The first-order valence-corrected chi connectivity index (χ1v) is 7.22. The Balaban J connectivity index is 1.98. The predicted molar refractivity (Wildman–Crippen MR) is 75.9 cm³/mol. The molecule has 0 bridgehead atoms. The highest BCUT2D eigenvalue weighted by atomic mass is 32.2. The number of aromatic nitrogens is 2. The van der Waals surface area contributed by atoms with Crippen molar-refractivity contribution in [3.8, 4) is 0 Å². The molecule has 0 spiro atoms. The van der Waals surface area contributed by atoms with Crippen LogP contribution in [0.2, 0.25) is 0 Å². The van der Waals surface area contributed by atoms with Gasteiger partial charge in [-0.25, -0.2) is 14.8 Å². The van der Waals surface area contributed by atoms with E-state index < -0.39 is 5.97 Å². The molecule has 2 aromatic rings. The van der Waals surface area contributed by atoms with Gasteiger partial charge in [-0.3, -0.25) is 0 Å². The smallest absolute Gasteiger partial charge is 0.335 e. The minimum absolute atomic E-state index is 0.244. The van der Waals surface area contributed by atoms with E-state index in [-0.39, 0.29) is 5.56 Å². The SMILES string of the molecule is O=C(O)c1ccc2c(NC3CCSC3)ncnc2c1. The van der Waals surface area contributed by atoms with Gasteiger partial charge in [-0.1, -0.05) is 0 Å². The molecule has 98 valence electrons. The zero-order valence-electron chi connectivity index (χ0n) is 10.2. The Bertz CT molecular complexity index is 626. The van der Waals surface area contributed by atoms with E-state index in [1.807, 2.05) is 11.8 Å². The largest absolute Gasteiger partial charge is 0.478 e. The van der Waals surface area contributed by atoms with E-state index in [0.29, 0.717) is 11.6 Å². The Labute approximate surface area is 114 Å². The van der Waals surface area contributed by atoms with Crippen LogP contribution in [-0.4, -0.2) is 38.6 Å². The number of rotatable bonds is 3. The molecule has 6 heteroatoms. The number of anilines is 1. The minimum atomic E-state index is -0.942. The van der Waals surface area contributed by atoms with Crippen molar-refractivity contribution in [3.63, 3.8) is 0 Å². The monoisotopic (exact) mass is 275 g/mol. The van der Waals surface area contributed by atoms with Gasteiger partial charge in [-0.05, 0) is 30.4 Å². The third kappa shape index (κ3) is 2.49. The van der Waals surface area contributed by atoms with Crippen molar-refractivity contribution in [1.29, 1.82) is 0 Å². The summed E-state index contributed by atoms with van der Waals surface area (Å²) in [5.41, 5.74) is 0.900. The molecule has 5 nitrogen and oxygen atoms in total. The summed E-state index contributed by atoms with van der Waals surface area (Å²) >= 11 is 1.93. The van der Waals surface area contributed by atoms with Gasteiger partial charge in [0.05, 0.1) is 11.1 Å². The molecule has 19 heavy (non-hydrogen) atoms. The van der Waals surface area contributed by atoms with Crippen LogP contribution < -0.4 is 5.32 Å². The molecule has 1 aromatic carbocycles. The lowest BCUT2D eigenvalue weighted by atomic mass is 10.1. The zero-order valence-corrected chi connectivity index (χ0v) is 11.0. The Kier molecular flexibility index (Phi) is 3.25. The average Bonchev–Trinajstić information content (AvgIpc) is 2.91. The van der Waals surface area contributed by atoms with Crippen LogP contribution in [0.1, 0.15) is 16.8 Å². The highest BCUT2D eigenvalue weighted by Crippen LogP contribution is 2.25. The molecule has 2 N–H and O–H groups in total. The van der Waals surface area contributed by atoms with Gasteiger partial charge in [-0.15, -0.1) is 0 Å². The van der Waals surface area contributed by atoms with Gasteiger partial charge in [0.1, 0.15) is 12.1 Å². The summed E-state index contributed by atoms with van der Waals surface area (Å²) < 4.78 is 0. The molecule has 1 atom stereocenters. The lowest BCUT2D eigenvalue weighted by molar-refractivity contribution is 0.0697. The standard InChI is InChI=1S/C13H13N3O2S/c17-13(18)8-1-2-10-11(5-8)14-7-15-12(10)16-9-3-4-19-6-9/h1-2,5,7,9H,3-4,6H2,(H,17,18)(H,14,15,16). The third-order valence-corrected chi connectivity index (χ3v) is 4.32. The van der Waals surface area contributed by atoms with Crippen molar-refractivity contribution in [2.75, 3.05) is 16.8 Å². The number of hydrogen-bond donors (Lipinski definition) is 2. The maximum absolute atomic E-state index is 10.9. The maximum Gasteiger partial charge on any atom is 0.335 e. The molecule has 0 radical (unpaired) electrons. The number of thioether (sulfide) groups is 1. The van der Waals surface area contributed by atoms with E-state index in [9.17, 15) is 4.79 Å². The summed E-state index contributed by atoms with van der Waals surface area (Å²) in [5.74, 6) is 2.10. The summed E-state index contributed by atoms with van der Waals surface area (Å²) in [5, 5.41) is 13.3. The number of hydrogen-bond acceptors (Lipinski definition) is 5. The van der Waals surface area contributed by atoms with Crippen LogP contribution in [0, 0.1) is 0 Å². The van der Waals surface area contributed by atoms with Gasteiger partial charge in [0.25, 0.3) is 0 Å². The molecule has 0 aliphatic carbocycles. The quantitative estimate of drug-likeness (QED) is 0.894. The van der Waals surface area contributed by atoms with Crippen molar-refractivity contribution < 1.29 is 9.90 Å². The molecule has 1 aliphatic rings. The number of nitrogens with one attached hydrogen (secondary N) is 1. The predicted octanol–water partition coefficient (Wildman–Crippen LogP) is 2.25. The van der Waals surface area contributed by atoms with E-state index in [0.717, 1.165) is 23.4 Å².